The maximum atomic E-state index is 6.67. The zero-order chi connectivity index (χ0) is 36.8. The summed E-state index contributed by atoms with van der Waals surface area (Å²) in [7, 11) is 0. The topological polar surface area (TPSA) is 18.5 Å². The van der Waals surface area contributed by atoms with Crippen LogP contribution in [0, 0.1) is 0 Å². The van der Waals surface area contributed by atoms with Gasteiger partial charge in [-0.25, -0.2) is 0 Å². The van der Waals surface area contributed by atoms with Crippen molar-refractivity contribution in [2.45, 2.75) is 168 Å². The van der Waals surface area contributed by atoms with Crippen LogP contribution in [0.4, 0.5) is 0 Å². The summed E-state index contributed by atoms with van der Waals surface area (Å²) in [5.74, 6) is 1.60. The number of aryl methyl sites for hydroxylation is 2. The van der Waals surface area contributed by atoms with Crippen molar-refractivity contribution in [3.63, 3.8) is 0 Å². The van der Waals surface area contributed by atoms with Crippen LogP contribution >= 0.6 is 6.49 Å². The quantitative estimate of drug-likeness (QED) is 0.0371. The second-order valence-corrected chi connectivity index (χ2v) is 17.9. The summed E-state index contributed by atoms with van der Waals surface area (Å²) in [4.78, 5) is 0. The third-order valence-corrected chi connectivity index (χ3v) is 12.7. The Hall–Kier alpha value is -2.61. The molecule has 286 valence electrons. The van der Waals surface area contributed by atoms with Gasteiger partial charge in [-0.1, -0.05) is 190 Å². The molecule has 3 aromatic rings. The van der Waals surface area contributed by atoms with Crippen molar-refractivity contribution in [2.24, 2.45) is 0 Å². The van der Waals surface area contributed by atoms with Crippen LogP contribution in [0.5, 0.6) is 11.5 Å². The molecule has 0 bridgehead atoms. The third-order valence-electron chi connectivity index (χ3n) is 9.83. The van der Waals surface area contributed by atoms with Gasteiger partial charge in [0.05, 0.1) is 5.30 Å². The maximum absolute atomic E-state index is 6.67. The first-order valence-corrected chi connectivity index (χ1v) is 23.8. The van der Waals surface area contributed by atoms with E-state index in [4.69, 9.17) is 20.9 Å². The normalized spacial score (nSPS) is 12.8. The lowest BCUT2D eigenvalue weighted by Crippen LogP contribution is -2.14. The van der Waals surface area contributed by atoms with Gasteiger partial charge in [-0.3, -0.25) is 0 Å². The Morgan fingerprint density at radius 1 is 0.462 bits per heavy atom. The van der Waals surface area contributed by atoms with Crippen LogP contribution in [0.1, 0.15) is 166 Å². The smallest absolute Gasteiger partial charge is 0.319 e. The largest absolute Gasteiger partial charge is 0.432 e. The van der Waals surface area contributed by atoms with Gasteiger partial charge in [0.2, 0.25) is 0 Å². The molecule has 3 rings (SSSR count). The standard InChI is InChI=1S/C48H71O2PS/c1-3-5-7-9-11-13-15-17-19-21-23-25-28-34-44-36-32-38-46(42-44)49-51(52,48-40-30-27-31-41-48)50-47-39-33-37-45(43-47)35-29-26-24-22-20-18-16-14-12-10-8-6-4-2/h9,11,13,15,27,30-33,36-43H,3-8,10,12,14,16-26,28-29,34-35H2,1-2H3/b11-9+,15-13+. The number of unbranched alkanes of at least 4 members (excludes halogenated alkanes) is 19. The van der Waals surface area contributed by atoms with Crippen LogP contribution in [0.15, 0.2) is 103 Å². The van der Waals surface area contributed by atoms with E-state index in [-0.39, 0.29) is 0 Å². The van der Waals surface area contributed by atoms with E-state index in [0.717, 1.165) is 29.6 Å². The zero-order valence-electron chi connectivity index (χ0n) is 33.0. The Morgan fingerprint density at radius 2 is 0.885 bits per heavy atom. The van der Waals surface area contributed by atoms with E-state index in [1.807, 2.05) is 42.5 Å². The molecule has 52 heavy (non-hydrogen) atoms. The van der Waals surface area contributed by atoms with E-state index in [0.29, 0.717) is 0 Å². The molecule has 0 spiro atoms. The molecule has 4 heteroatoms. The van der Waals surface area contributed by atoms with Crippen LogP contribution < -0.4 is 14.4 Å². The minimum atomic E-state index is -2.85. The molecule has 0 N–H and O–H groups in total. The number of hydrogen-bond donors (Lipinski definition) is 0. The van der Waals surface area contributed by atoms with Gasteiger partial charge in [-0.05, 0) is 104 Å². The summed E-state index contributed by atoms with van der Waals surface area (Å²) >= 11 is 6.27. The lowest BCUT2D eigenvalue weighted by Gasteiger charge is -2.24. The summed E-state index contributed by atoms with van der Waals surface area (Å²) < 4.78 is 13.3. The van der Waals surface area contributed by atoms with Crippen LogP contribution in [0.25, 0.3) is 0 Å². The van der Waals surface area contributed by atoms with Gasteiger partial charge >= 0.3 is 6.49 Å². The van der Waals surface area contributed by atoms with Crippen molar-refractivity contribution < 1.29 is 9.05 Å². The molecule has 1 unspecified atom stereocenters. The summed E-state index contributed by atoms with van der Waals surface area (Å²) in [6.45, 7) is 1.68. The van der Waals surface area contributed by atoms with Crippen LogP contribution in [-0.2, 0) is 24.6 Å². The molecule has 0 fully saturated rings. The van der Waals surface area contributed by atoms with Crippen molar-refractivity contribution in [1.82, 2.24) is 0 Å². The predicted molar refractivity (Wildman–Crippen MR) is 233 cm³/mol. The first kappa shape index (κ1) is 43.8. The number of benzene rings is 3. The fourth-order valence-corrected chi connectivity index (χ4v) is 9.12. The van der Waals surface area contributed by atoms with Crippen LogP contribution in [-0.4, -0.2) is 0 Å². The van der Waals surface area contributed by atoms with Gasteiger partial charge in [-0.15, -0.1) is 0 Å². The van der Waals surface area contributed by atoms with Gasteiger partial charge < -0.3 is 9.05 Å². The summed E-state index contributed by atoms with van der Waals surface area (Å²) in [5.41, 5.74) is 2.60. The summed E-state index contributed by atoms with van der Waals surface area (Å²) in [6.07, 6.45) is 40.2. The Bertz CT molecular complexity index is 1410. The molecule has 0 saturated heterocycles. The number of hydrogen-bond acceptors (Lipinski definition) is 3. The van der Waals surface area contributed by atoms with Crippen LogP contribution in [0.2, 0.25) is 0 Å². The lowest BCUT2D eigenvalue weighted by molar-refractivity contribution is 0.497. The van der Waals surface area contributed by atoms with E-state index in [1.165, 1.54) is 152 Å². The SMILES string of the molecule is CCCC/C=C/C=C/CCCCCCCc1cccc(OP(=S)(Oc2cccc(CCCCCCCCCCCCCCC)c2)c2ccccc2)c1. The second kappa shape index (κ2) is 28.8. The molecule has 1 atom stereocenters. The van der Waals surface area contributed by atoms with Crippen molar-refractivity contribution in [2.75, 3.05) is 0 Å². The third kappa shape index (κ3) is 20.0. The Balaban J connectivity index is 1.41. The highest BCUT2D eigenvalue weighted by Gasteiger charge is 2.26. The first-order chi connectivity index (χ1) is 25.6. The summed E-state index contributed by atoms with van der Waals surface area (Å²) in [5, 5.41) is 0.930. The van der Waals surface area contributed by atoms with Gasteiger partial charge in [0.15, 0.2) is 0 Å². The first-order valence-electron chi connectivity index (χ1n) is 21.2. The van der Waals surface area contributed by atoms with E-state index >= 15 is 0 Å². The molecule has 0 amide bonds. The molecule has 0 aliphatic rings. The van der Waals surface area contributed by atoms with Crippen LogP contribution in [0.3, 0.4) is 0 Å². The molecule has 0 aliphatic carbocycles. The molecule has 0 radical (unpaired) electrons. The Kier molecular flexibility index (Phi) is 24.3. The van der Waals surface area contributed by atoms with E-state index in [9.17, 15) is 0 Å². The molecule has 0 aliphatic heterocycles. The van der Waals surface area contributed by atoms with Crippen molar-refractivity contribution >= 4 is 23.6 Å². The minimum Gasteiger partial charge on any atom is -0.432 e. The molecule has 0 heterocycles. The monoisotopic (exact) mass is 742 g/mol. The highest BCUT2D eigenvalue weighted by Crippen LogP contribution is 2.48. The molecular weight excluding hydrogens is 672 g/mol. The van der Waals surface area contributed by atoms with E-state index in [2.05, 4.69) is 74.5 Å². The van der Waals surface area contributed by atoms with Crippen molar-refractivity contribution in [1.29, 1.82) is 0 Å². The fourth-order valence-electron chi connectivity index (χ4n) is 6.67. The van der Waals surface area contributed by atoms with Gasteiger partial charge in [0.1, 0.15) is 11.5 Å². The van der Waals surface area contributed by atoms with Crippen molar-refractivity contribution in [3.05, 3.63) is 114 Å². The molecular formula is C48H71O2PS. The van der Waals surface area contributed by atoms with E-state index in [1.54, 1.807) is 0 Å². The zero-order valence-corrected chi connectivity index (χ0v) is 34.7. The lowest BCUT2D eigenvalue weighted by atomic mass is 10.0. The van der Waals surface area contributed by atoms with Gasteiger partial charge in [0.25, 0.3) is 0 Å². The second-order valence-electron chi connectivity index (χ2n) is 14.6. The highest BCUT2D eigenvalue weighted by molar-refractivity contribution is 8.13. The Morgan fingerprint density at radius 3 is 1.37 bits per heavy atom. The van der Waals surface area contributed by atoms with Gasteiger partial charge in [0, 0.05) is 0 Å². The fraction of sp³-hybridized carbons (Fsp3) is 0.542. The average Bonchev–Trinajstić information content (AvgIpc) is 3.16. The molecule has 0 saturated carbocycles. The highest BCUT2D eigenvalue weighted by atomic mass is 32.5. The minimum absolute atomic E-state index is 0.795. The van der Waals surface area contributed by atoms with E-state index < -0.39 is 6.49 Å². The molecule has 2 nitrogen and oxygen atoms in total. The molecule has 3 aromatic carbocycles. The van der Waals surface area contributed by atoms with Gasteiger partial charge in [-0.2, -0.15) is 0 Å². The number of rotatable bonds is 31. The Labute approximate surface area is 325 Å². The average molecular weight is 743 g/mol. The molecule has 0 aromatic heterocycles. The predicted octanol–water partition coefficient (Wildman–Crippen LogP) is 15.6. The van der Waals surface area contributed by atoms with Crippen molar-refractivity contribution in [3.8, 4) is 11.5 Å². The number of allylic oxidation sites excluding steroid dienone is 4. The summed E-state index contributed by atoms with van der Waals surface area (Å²) in [6, 6.07) is 27.1. The maximum Gasteiger partial charge on any atom is 0.319 e.